The van der Waals surface area contributed by atoms with Gasteiger partial charge in [-0.25, -0.2) is 13.8 Å². The van der Waals surface area contributed by atoms with E-state index in [-0.39, 0.29) is 30.5 Å². The minimum absolute atomic E-state index is 0.0312. The second-order valence-corrected chi connectivity index (χ2v) is 7.64. The van der Waals surface area contributed by atoms with Gasteiger partial charge in [-0.1, -0.05) is 12.1 Å². The van der Waals surface area contributed by atoms with Crippen molar-refractivity contribution in [3.8, 4) is 5.75 Å². The number of benzene rings is 2. The van der Waals surface area contributed by atoms with Crippen LogP contribution in [-0.4, -0.2) is 35.0 Å². The van der Waals surface area contributed by atoms with Gasteiger partial charge in [0.1, 0.15) is 29.3 Å². The summed E-state index contributed by atoms with van der Waals surface area (Å²) in [5.41, 5.74) is 0.889. The average Bonchev–Trinajstić information content (AvgIpc) is 3.37. The van der Waals surface area contributed by atoms with E-state index >= 15 is 0 Å². The summed E-state index contributed by atoms with van der Waals surface area (Å²) in [7, 11) is 3.39. The molecule has 0 bridgehead atoms. The largest absolute Gasteiger partial charge is 0.497 e. The van der Waals surface area contributed by atoms with Gasteiger partial charge in [-0.05, 0) is 29.8 Å². The van der Waals surface area contributed by atoms with E-state index in [4.69, 9.17) is 4.74 Å². The van der Waals surface area contributed by atoms with Crippen molar-refractivity contribution in [2.75, 3.05) is 18.6 Å². The molecule has 2 atom stereocenters. The molecule has 0 saturated carbocycles. The van der Waals surface area contributed by atoms with Crippen LogP contribution in [0.2, 0.25) is 0 Å². The van der Waals surface area contributed by atoms with Gasteiger partial charge in [-0.2, -0.15) is 0 Å². The number of imidazole rings is 1. The number of anilines is 1. The summed E-state index contributed by atoms with van der Waals surface area (Å²) in [6.45, 7) is 0.0312. The Hall–Kier alpha value is -3.75. The van der Waals surface area contributed by atoms with Gasteiger partial charge in [0.25, 0.3) is 0 Å². The van der Waals surface area contributed by atoms with Crippen LogP contribution in [0.3, 0.4) is 0 Å². The molecule has 4 rings (SSSR count). The molecule has 7 nitrogen and oxygen atoms in total. The Morgan fingerprint density at radius 3 is 2.47 bits per heavy atom. The van der Waals surface area contributed by atoms with E-state index in [0.29, 0.717) is 11.6 Å². The highest BCUT2D eigenvalue weighted by atomic mass is 19.1. The normalized spacial score (nSPS) is 16.8. The van der Waals surface area contributed by atoms with E-state index in [1.807, 2.05) is 19.2 Å². The topological polar surface area (TPSA) is 76.5 Å². The number of carbonyl (C=O) groups is 2. The molecule has 1 N–H and O–H groups in total. The quantitative estimate of drug-likeness (QED) is 0.640. The number of methoxy groups -OCH3 is 1. The Morgan fingerprint density at radius 2 is 1.88 bits per heavy atom. The summed E-state index contributed by atoms with van der Waals surface area (Å²) < 4.78 is 34.2. The summed E-state index contributed by atoms with van der Waals surface area (Å²) >= 11 is 0. The van der Waals surface area contributed by atoms with Gasteiger partial charge in [0.2, 0.25) is 11.8 Å². The maximum Gasteiger partial charge on any atom is 0.227 e. The molecule has 1 fully saturated rings. The van der Waals surface area contributed by atoms with E-state index in [9.17, 15) is 18.4 Å². The summed E-state index contributed by atoms with van der Waals surface area (Å²) in [6.07, 6.45) is 3.36. The summed E-state index contributed by atoms with van der Waals surface area (Å²) in [5.74, 6) is -1.65. The zero-order valence-corrected chi connectivity index (χ0v) is 17.6. The van der Waals surface area contributed by atoms with Crippen LogP contribution >= 0.6 is 0 Å². The van der Waals surface area contributed by atoms with Crippen LogP contribution in [0.1, 0.15) is 23.9 Å². The number of hydrogen-bond acceptors (Lipinski definition) is 4. The lowest BCUT2D eigenvalue weighted by Crippen LogP contribution is -2.37. The first kappa shape index (κ1) is 21.5. The molecule has 9 heteroatoms. The molecule has 1 aromatic heterocycles. The second-order valence-electron chi connectivity index (χ2n) is 7.64. The molecule has 0 spiro atoms. The van der Waals surface area contributed by atoms with Crippen molar-refractivity contribution in [1.82, 2.24) is 14.9 Å². The Balaban J connectivity index is 1.55. The maximum absolute atomic E-state index is 13.6. The van der Waals surface area contributed by atoms with Crippen LogP contribution in [0, 0.1) is 17.6 Å². The molecule has 3 aromatic rings. The summed E-state index contributed by atoms with van der Waals surface area (Å²) in [6, 6.07) is 9.59. The van der Waals surface area contributed by atoms with Gasteiger partial charge in [-0.3, -0.25) is 9.59 Å². The lowest BCUT2D eigenvalue weighted by atomic mass is 10.0. The highest BCUT2D eigenvalue weighted by Gasteiger charge is 2.37. The molecule has 1 aliphatic rings. The van der Waals surface area contributed by atoms with Crippen molar-refractivity contribution >= 4 is 17.5 Å². The van der Waals surface area contributed by atoms with E-state index in [1.165, 1.54) is 4.90 Å². The number of halogens is 2. The molecule has 2 heterocycles. The standard InChI is InChI=1S/C23H22F2N4O3/c1-28-8-7-26-22(28)21(14-3-5-19(32-2)6-4-14)27-23(31)15-9-20(30)29(13-15)18-11-16(24)10-17(25)12-18/h3-8,10-12,15,21H,9,13H2,1-2H3,(H,27,31). The first-order valence-corrected chi connectivity index (χ1v) is 10.0. The molecule has 2 amide bonds. The van der Waals surface area contributed by atoms with Crippen molar-refractivity contribution in [3.63, 3.8) is 0 Å². The molecule has 0 aliphatic carbocycles. The minimum atomic E-state index is -0.782. The zero-order chi connectivity index (χ0) is 22.8. The molecular formula is C23H22F2N4O3. The number of amides is 2. The highest BCUT2D eigenvalue weighted by molar-refractivity contribution is 6.00. The van der Waals surface area contributed by atoms with Crippen LogP contribution in [-0.2, 0) is 16.6 Å². The fraction of sp³-hybridized carbons (Fsp3) is 0.261. The Bertz CT molecular complexity index is 1130. The van der Waals surface area contributed by atoms with Gasteiger partial charge < -0.3 is 19.5 Å². The van der Waals surface area contributed by atoms with Crippen LogP contribution < -0.4 is 15.0 Å². The number of aryl methyl sites for hydroxylation is 1. The van der Waals surface area contributed by atoms with Gasteiger partial charge >= 0.3 is 0 Å². The lowest BCUT2D eigenvalue weighted by Gasteiger charge is -2.22. The number of ether oxygens (including phenoxy) is 1. The molecule has 1 saturated heterocycles. The van der Waals surface area contributed by atoms with Crippen molar-refractivity contribution in [2.45, 2.75) is 12.5 Å². The fourth-order valence-electron chi connectivity index (χ4n) is 3.84. The first-order chi connectivity index (χ1) is 15.4. The zero-order valence-electron chi connectivity index (χ0n) is 17.6. The monoisotopic (exact) mass is 440 g/mol. The van der Waals surface area contributed by atoms with Crippen LogP contribution in [0.4, 0.5) is 14.5 Å². The molecular weight excluding hydrogens is 418 g/mol. The first-order valence-electron chi connectivity index (χ1n) is 10.0. The lowest BCUT2D eigenvalue weighted by molar-refractivity contribution is -0.126. The van der Waals surface area contributed by atoms with Crippen molar-refractivity contribution in [1.29, 1.82) is 0 Å². The number of rotatable bonds is 6. The highest BCUT2D eigenvalue weighted by Crippen LogP contribution is 2.28. The molecule has 2 aromatic carbocycles. The van der Waals surface area contributed by atoms with Crippen LogP contribution in [0.15, 0.2) is 54.9 Å². The molecule has 2 unspecified atom stereocenters. The predicted octanol–water partition coefficient (Wildman–Crippen LogP) is 2.97. The van der Waals surface area contributed by atoms with Crippen LogP contribution in [0.5, 0.6) is 5.75 Å². The van der Waals surface area contributed by atoms with Gasteiger partial charge in [0.05, 0.1) is 13.0 Å². The van der Waals surface area contributed by atoms with E-state index < -0.39 is 23.6 Å². The summed E-state index contributed by atoms with van der Waals surface area (Å²) in [4.78, 5) is 31.2. The second kappa shape index (κ2) is 8.78. The number of nitrogens with zero attached hydrogens (tertiary/aromatic N) is 3. The number of nitrogens with one attached hydrogen (secondary N) is 1. The predicted molar refractivity (Wildman–Crippen MR) is 113 cm³/mol. The summed E-state index contributed by atoms with van der Waals surface area (Å²) in [5, 5.41) is 2.98. The van der Waals surface area contributed by atoms with E-state index in [1.54, 1.807) is 36.2 Å². The van der Waals surface area contributed by atoms with Gasteiger partial charge in [0, 0.05) is 44.2 Å². The number of carbonyl (C=O) groups excluding carboxylic acids is 2. The smallest absolute Gasteiger partial charge is 0.227 e. The van der Waals surface area contributed by atoms with Crippen LogP contribution in [0.25, 0.3) is 0 Å². The Labute approximate surface area is 183 Å². The van der Waals surface area contributed by atoms with Gasteiger partial charge in [-0.15, -0.1) is 0 Å². The maximum atomic E-state index is 13.6. The third-order valence-electron chi connectivity index (χ3n) is 5.51. The Morgan fingerprint density at radius 1 is 1.19 bits per heavy atom. The number of aromatic nitrogens is 2. The molecule has 166 valence electrons. The van der Waals surface area contributed by atoms with Crippen molar-refractivity contribution < 1.29 is 23.1 Å². The van der Waals surface area contributed by atoms with Crippen molar-refractivity contribution in [3.05, 3.63) is 77.9 Å². The Kier molecular flexibility index (Phi) is 5.89. The van der Waals surface area contributed by atoms with E-state index in [0.717, 1.165) is 23.8 Å². The number of hydrogen-bond donors (Lipinski definition) is 1. The average molecular weight is 440 g/mol. The van der Waals surface area contributed by atoms with E-state index in [2.05, 4.69) is 10.3 Å². The molecule has 32 heavy (non-hydrogen) atoms. The molecule has 1 aliphatic heterocycles. The SMILES string of the molecule is COc1ccc(C(NC(=O)C2CC(=O)N(c3cc(F)cc(F)c3)C2)c2nccn2C)cc1. The fourth-order valence-corrected chi connectivity index (χ4v) is 3.84. The third-order valence-corrected chi connectivity index (χ3v) is 5.51. The minimum Gasteiger partial charge on any atom is -0.497 e. The molecule has 0 radical (unpaired) electrons. The van der Waals surface area contributed by atoms with Gasteiger partial charge in [0.15, 0.2) is 0 Å². The third kappa shape index (κ3) is 4.32. The van der Waals surface area contributed by atoms with Crippen molar-refractivity contribution in [2.24, 2.45) is 13.0 Å².